The van der Waals surface area contributed by atoms with E-state index in [1.165, 1.54) is 6.92 Å². The second-order valence-electron chi connectivity index (χ2n) is 4.13. The number of fused-ring (bicyclic) bond motifs is 1. The molecule has 1 amide bonds. The van der Waals surface area contributed by atoms with E-state index in [9.17, 15) is 14.4 Å². The minimum atomic E-state index is -1.14. The van der Waals surface area contributed by atoms with Crippen molar-refractivity contribution in [2.75, 3.05) is 0 Å². The maximum absolute atomic E-state index is 11.8. The van der Waals surface area contributed by atoms with Gasteiger partial charge in [0.2, 0.25) is 0 Å². The zero-order valence-electron chi connectivity index (χ0n) is 10.1. The van der Waals surface area contributed by atoms with E-state index < -0.39 is 17.9 Å². The summed E-state index contributed by atoms with van der Waals surface area (Å²) < 4.78 is 0. The van der Waals surface area contributed by atoms with Crippen LogP contribution in [0.4, 0.5) is 0 Å². The van der Waals surface area contributed by atoms with Gasteiger partial charge in [0.15, 0.2) is 5.43 Å². The molecule has 1 heterocycles. The van der Waals surface area contributed by atoms with Crippen molar-refractivity contribution in [3.05, 3.63) is 46.2 Å². The van der Waals surface area contributed by atoms with Crippen LogP contribution >= 0.6 is 0 Å². The van der Waals surface area contributed by atoms with E-state index >= 15 is 0 Å². The number of aliphatic carboxylic acids is 1. The van der Waals surface area contributed by atoms with Crippen molar-refractivity contribution in [2.45, 2.75) is 13.0 Å². The third-order valence-electron chi connectivity index (χ3n) is 2.70. The molecule has 3 N–H and O–H groups in total. The second-order valence-corrected chi connectivity index (χ2v) is 4.13. The van der Waals surface area contributed by atoms with Gasteiger partial charge < -0.3 is 15.4 Å². The van der Waals surface area contributed by atoms with Crippen molar-refractivity contribution in [1.82, 2.24) is 10.3 Å². The van der Waals surface area contributed by atoms with Gasteiger partial charge in [-0.25, -0.2) is 0 Å². The minimum Gasteiger partial charge on any atom is -0.480 e. The Morgan fingerprint density at radius 1 is 1.32 bits per heavy atom. The quantitative estimate of drug-likeness (QED) is 0.757. The van der Waals surface area contributed by atoms with Gasteiger partial charge >= 0.3 is 5.97 Å². The highest BCUT2D eigenvalue weighted by molar-refractivity contribution is 5.96. The van der Waals surface area contributed by atoms with Gasteiger partial charge in [0.25, 0.3) is 5.91 Å². The number of hydrogen-bond donors (Lipinski definition) is 3. The maximum Gasteiger partial charge on any atom is 0.325 e. The number of carboxylic acid groups (broad SMARTS) is 1. The summed E-state index contributed by atoms with van der Waals surface area (Å²) in [5.41, 5.74) is 0.280. The number of rotatable bonds is 3. The van der Waals surface area contributed by atoms with Gasteiger partial charge in [0, 0.05) is 17.0 Å². The molecule has 0 aliphatic rings. The standard InChI is InChI=1S/C13H12N2O4/c1-7(13(18)19)14-12(17)10-6-11(16)8-4-2-3-5-9(8)15-10/h2-7H,1H3,(H,14,17)(H,15,16)(H,18,19). The molecule has 0 radical (unpaired) electrons. The van der Waals surface area contributed by atoms with Crippen molar-refractivity contribution in [1.29, 1.82) is 0 Å². The molecule has 1 unspecified atom stereocenters. The fraction of sp³-hybridized carbons (Fsp3) is 0.154. The predicted octanol–water partition coefficient (Wildman–Crippen LogP) is 0.731. The van der Waals surface area contributed by atoms with Crippen molar-refractivity contribution in [3.8, 4) is 0 Å². The van der Waals surface area contributed by atoms with Gasteiger partial charge in [0.05, 0.1) is 0 Å². The maximum atomic E-state index is 11.8. The number of carbonyl (C=O) groups is 2. The summed E-state index contributed by atoms with van der Waals surface area (Å²) in [4.78, 5) is 37.1. The van der Waals surface area contributed by atoms with Gasteiger partial charge in [0.1, 0.15) is 11.7 Å². The molecular weight excluding hydrogens is 248 g/mol. The number of carbonyl (C=O) groups excluding carboxylic acids is 1. The normalized spacial score (nSPS) is 12.1. The highest BCUT2D eigenvalue weighted by Crippen LogP contribution is 2.07. The fourth-order valence-electron chi connectivity index (χ4n) is 1.66. The molecule has 1 aromatic heterocycles. The van der Waals surface area contributed by atoms with Crippen LogP contribution in [0, 0.1) is 0 Å². The SMILES string of the molecule is CC(NC(=O)c1cc(=O)c2ccccc2[nH]1)C(=O)O. The third kappa shape index (κ3) is 2.62. The molecule has 6 heteroatoms. The Labute approximate surface area is 108 Å². The Balaban J connectivity index is 2.38. The summed E-state index contributed by atoms with van der Waals surface area (Å²) in [6.07, 6.45) is 0. The summed E-state index contributed by atoms with van der Waals surface area (Å²) in [7, 11) is 0. The molecule has 98 valence electrons. The number of nitrogens with one attached hydrogen (secondary N) is 2. The van der Waals surface area contributed by atoms with Crippen LogP contribution in [-0.4, -0.2) is 28.0 Å². The molecule has 0 fully saturated rings. The molecule has 0 saturated carbocycles. The first-order valence-corrected chi connectivity index (χ1v) is 5.65. The summed E-state index contributed by atoms with van der Waals surface area (Å²) in [6.45, 7) is 1.35. The van der Waals surface area contributed by atoms with E-state index in [-0.39, 0.29) is 11.1 Å². The van der Waals surface area contributed by atoms with Crippen LogP contribution < -0.4 is 10.7 Å². The lowest BCUT2D eigenvalue weighted by molar-refractivity contribution is -0.138. The molecule has 0 aliphatic carbocycles. The number of para-hydroxylation sites is 1. The number of benzene rings is 1. The van der Waals surface area contributed by atoms with Crippen LogP contribution in [-0.2, 0) is 4.79 Å². The molecular formula is C13H12N2O4. The van der Waals surface area contributed by atoms with Crippen LogP contribution in [0.1, 0.15) is 17.4 Å². The number of aromatic amines is 1. The molecule has 0 spiro atoms. The summed E-state index contributed by atoms with van der Waals surface area (Å²) >= 11 is 0. The Hall–Kier alpha value is -2.63. The van der Waals surface area contributed by atoms with Crippen LogP contribution in [0.2, 0.25) is 0 Å². The first-order valence-electron chi connectivity index (χ1n) is 5.65. The zero-order valence-corrected chi connectivity index (χ0v) is 10.1. The van der Waals surface area contributed by atoms with E-state index in [0.717, 1.165) is 6.07 Å². The number of carboxylic acids is 1. The molecule has 0 saturated heterocycles. The minimum absolute atomic E-state index is 0.0387. The fourth-order valence-corrected chi connectivity index (χ4v) is 1.66. The second kappa shape index (κ2) is 4.93. The van der Waals surface area contributed by atoms with Crippen molar-refractivity contribution >= 4 is 22.8 Å². The number of pyridine rings is 1. The van der Waals surface area contributed by atoms with Crippen molar-refractivity contribution < 1.29 is 14.7 Å². The molecule has 1 aromatic carbocycles. The van der Waals surface area contributed by atoms with Gasteiger partial charge in [-0.2, -0.15) is 0 Å². The van der Waals surface area contributed by atoms with Crippen LogP contribution in [0.15, 0.2) is 35.1 Å². The predicted molar refractivity (Wildman–Crippen MR) is 69.1 cm³/mol. The van der Waals surface area contributed by atoms with Crippen LogP contribution in [0.5, 0.6) is 0 Å². The Morgan fingerprint density at radius 3 is 2.68 bits per heavy atom. The lowest BCUT2D eigenvalue weighted by Crippen LogP contribution is -2.39. The third-order valence-corrected chi connectivity index (χ3v) is 2.70. The summed E-state index contributed by atoms with van der Waals surface area (Å²) in [5.74, 6) is -1.77. The number of aromatic nitrogens is 1. The van der Waals surface area contributed by atoms with Gasteiger partial charge in [-0.1, -0.05) is 12.1 Å². The smallest absolute Gasteiger partial charge is 0.325 e. The molecule has 0 aliphatic heterocycles. The monoisotopic (exact) mass is 260 g/mol. The molecule has 6 nitrogen and oxygen atoms in total. The summed E-state index contributed by atoms with van der Waals surface area (Å²) in [5, 5.41) is 11.5. The average molecular weight is 260 g/mol. The van der Waals surface area contributed by atoms with Crippen LogP contribution in [0.3, 0.4) is 0 Å². The van der Waals surface area contributed by atoms with E-state index in [1.54, 1.807) is 24.3 Å². The molecule has 1 atom stereocenters. The average Bonchev–Trinajstić information content (AvgIpc) is 2.38. The lowest BCUT2D eigenvalue weighted by atomic mass is 10.2. The number of H-pyrrole nitrogens is 1. The topological polar surface area (TPSA) is 99.3 Å². The van der Waals surface area contributed by atoms with Gasteiger partial charge in [-0.15, -0.1) is 0 Å². The molecule has 2 aromatic rings. The molecule has 0 bridgehead atoms. The first-order chi connectivity index (χ1) is 8.99. The Bertz CT molecular complexity index is 705. The highest BCUT2D eigenvalue weighted by atomic mass is 16.4. The number of hydrogen-bond acceptors (Lipinski definition) is 3. The highest BCUT2D eigenvalue weighted by Gasteiger charge is 2.16. The van der Waals surface area contributed by atoms with Crippen LogP contribution in [0.25, 0.3) is 10.9 Å². The first kappa shape index (κ1) is 12.8. The van der Waals surface area contributed by atoms with Crippen molar-refractivity contribution in [2.24, 2.45) is 0 Å². The molecule has 19 heavy (non-hydrogen) atoms. The van der Waals surface area contributed by atoms with Gasteiger partial charge in [-0.05, 0) is 19.1 Å². The van der Waals surface area contributed by atoms with Crippen molar-refractivity contribution in [3.63, 3.8) is 0 Å². The van der Waals surface area contributed by atoms with E-state index in [0.29, 0.717) is 10.9 Å². The van der Waals surface area contributed by atoms with Gasteiger partial charge in [-0.3, -0.25) is 14.4 Å². The Morgan fingerprint density at radius 2 is 2.00 bits per heavy atom. The number of amides is 1. The van der Waals surface area contributed by atoms with E-state index in [1.807, 2.05) is 0 Å². The largest absolute Gasteiger partial charge is 0.480 e. The van der Waals surface area contributed by atoms with E-state index in [4.69, 9.17) is 5.11 Å². The Kier molecular flexibility index (Phi) is 3.33. The van der Waals surface area contributed by atoms with E-state index in [2.05, 4.69) is 10.3 Å². The summed E-state index contributed by atoms with van der Waals surface area (Å²) in [6, 6.07) is 6.92. The lowest BCUT2D eigenvalue weighted by Gasteiger charge is -2.09. The zero-order chi connectivity index (χ0) is 14.0. The molecule has 2 rings (SSSR count).